The van der Waals surface area contributed by atoms with Crippen LogP contribution in [0.15, 0.2) is 54.6 Å². The maximum Gasteiger partial charge on any atom is 0.0936 e. The first kappa shape index (κ1) is 10.2. The zero-order valence-electron chi connectivity index (χ0n) is 8.97. The Hall–Kier alpha value is -1.93. The highest BCUT2D eigenvalue weighted by Gasteiger charge is 2.01. The fourth-order valence-corrected chi connectivity index (χ4v) is 1.87. The quantitative estimate of drug-likeness (QED) is 0.644. The molecule has 0 aliphatic carbocycles. The number of aromatic nitrogens is 2. The molecule has 82 valence electrons. The molecule has 1 aromatic heterocycles. The molecular formula is C14H9ClN2. The minimum absolute atomic E-state index is 0.725. The second kappa shape index (κ2) is 4.15. The summed E-state index contributed by atoms with van der Waals surface area (Å²) < 4.78 is 0. The van der Waals surface area contributed by atoms with Crippen LogP contribution in [0.5, 0.6) is 0 Å². The smallest absolute Gasteiger partial charge is 0.0936 e. The van der Waals surface area contributed by atoms with Crippen molar-refractivity contribution in [2.45, 2.75) is 0 Å². The maximum atomic E-state index is 5.86. The number of nitrogens with zero attached hydrogens (tertiary/aromatic N) is 2. The molecule has 0 N–H and O–H groups in total. The third kappa shape index (κ3) is 1.99. The van der Waals surface area contributed by atoms with Crippen LogP contribution < -0.4 is 0 Å². The molecule has 0 aliphatic heterocycles. The number of rotatable bonds is 1. The van der Waals surface area contributed by atoms with Crippen molar-refractivity contribution in [3.8, 4) is 11.3 Å². The highest BCUT2D eigenvalue weighted by Crippen LogP contribution is 2.21. The van der Waals surface area contributed by atoms with Gasteiger partial charge in [0.15, 0.2) is 0 Å². The zero-order valence-corrected chi connectivity index (χ0v) is 9.72. The first-order valence-corrected chi connectivity index (χ1v) is 5.69. The van der Waals surface area contributed by atoms with Gasteiger partial charge in [-0.3, -0.25) is 0 Å². The van der Waals surface area contributed by atoms with Gasteiger partial charge >= 0.3 is 0 Å². The number of benzene rings is 2. The molecule has 0 amide bonds. The van der Waals surface area contributed by atoms with E-state index in [9.17, 15) is 0 Å². The molecular weight excluding hydrogens is 232 g/mol. The van der Waals surface area contributed by atoms with Crippen molar-refractivity contribution in [1.82, 2.24) is 10.2 Å². The monoisotopic (exact) mass is 240 g/mol. The van der Waals surface area contributed by atoms with E-state index < -0.39 is 0 Å². The minimum atomic E-state index is 0.725. The number of hydrogen-bond acceptors (Lipinski definition) is 2. The van der Waals surface area contributed by atoms with E-state index in [1.54, 1.807) is 0 Å². The van der Waals surface area contributed by atoms with E-state index >= 15 is 0 Å². The van der Waals surface area contributed by atoms with Gasteiger partial charge in [0.25, 0.3) is 0 Å². The van der Waals surface area contributed by atoms with Crippen molar-refractivity contribution in [2.75, 3.05) is 0 Å². The SMILES string of the molecule is Clc1ccc(-c2cc3ccccc3nn2)cc1. The molecule has 0 saturated heterocycles. The van der Waals surface area contributed by atoms with Crippen LogP contribution in [0.3, 0.4) is 0 Å². The van der Waals surface area contributed by atoms with Crippen LogP contribution in [0, 0.1) is 0 Å². The van der Waals surface area contributed by atoms with E-state index in [2.05, 4.69) is 10.2 Å². The van der Waals surface area contributed by atoms with Gasteiger partial charge in [-0.25, -0.2) is 0 Å². The predicted molar refractivity (Wildman–Crippen MR) is 70.0 cm³/mol. The van der Waals surface area contributed by atoms with E-state index in [0.29, 0.717) is 0 Å². The van der Waals surface area contributed by atoms with Gasteiger partial charge in [0, 0.05) is 16.0 Å². The summed E-state index contributed by atoms with van der Waals surface area (Å²) in [6.45, 7) is 0. The Morgan fingerprint density at radius 1 is 0.824 bits per heavy atom. The molecule has 2 nitrogen and oxygen atoms in total. The second-order valence-electron chi connectivity index (χ2n) is 3.80. The maximum absolute atomic E-state index is 5.86. The summed E-state index contributed by atoms with van der Waals surface area (Å²) in [7, 11) is 0. The average molecular weight is 241 g/mol. The van der Waals surface area contributed by atoms with Crippen LogP contribution in [0.1, 0.15) is 0 Å². The molecule has 0 spiro atoms. The van der Waals surface area contributed by atoms with Crippen LogP contribution in [0.4, 0.5) is 0 Å². The lowest BCUT2D eigenvalue weighted by Gasteiger charge is -2.01. The molecule has 0 fully saturated rings. The summed E-state index contributed by atoms with van der Waals surface area (Å²) >= 11 is 5.86. The second-order valence-corrected chi connectivity index (χ2v) is 4.23. The van der Waals surface area contributed by atoms with Gasteiger partial charge in [0.05, 0.1) is 11.2 Å². The van der Waals surface area contributed by atoms with Gasteiger partial charge in [-0.05, 0) is 24.3 Å². The highest BCUT2D eigenvalue weighted by molar-refractivity contribution is 6.30. The molecule has 3 heteroatoms. The van der Waals surface area contributed by atoms with Crippen molar-refractivity contribution in [3.05, 3.63) is 59.6 Å². The normalized spacial score (nSPS) is 10.6. The summed E-state index contributed by atoms with van der Waals surface area (Å²) in [5.74, 6) is 0. The molecule has 2 aromatic carbocycles. The Bertz CT molecular complexity index is 662. The number of fused-ring (bicyclic) bond motifs is 1. The highest BCUT2D eigenvalue weighted by atomic mass is 35.5. The van der Waals surface area contributed by atoms with Gasteiger partial charge in [-0.2, -0.15) is 0 Å². The largest absolute Gasteiger partial charge is 0.150 e. The molecule has 3 aromatic rings. The lowest BCUT2D eigenvalue weighted by atomic mass is 10.1. The average Bonchev–Trinajstić information content (AvgIpc) is 2.39. The van der Waals surface area contributed by atoms with Crippen LogP contribution in [0.2, 0.25) is 5.02 Å². The van der Waals surface area contributed by atoms with Gasteiger partial charge in [0.2, 0.25) is 0 Å². The van der Waals surface area contributed by atoms with Gasteiger partial charge in [-0.1, -0.05) is 41.9 Å². The molecule has 0 radical (unpaired) electrons. The molecule has 17 heavy (non-hydrogen) atoms. The molecule has 0 atom stereocenters. The molecule has 0 unspecified atom stereocenters. The molecule has 1 heterocycles. The molecule has 3 rings (SSSR count). The summed E-state index contributed by atoms with van der Waals surface area (Å²) in [6, 6.07) is 17.6. The van der Waals surface area contributed by atoms with E-state index in [1.807, 2.05) is 54.6 Å². The van der Waals surface area contributed by atoms with E-state index in [1.165, 1.54) is 0 Å². The summed E-state index contributed by atoms with van der Waals surface area (Å²) in [6.07, 6.45) is 0. The first-order chi connectivity index (χ1) is 8.33. The van der Waals surface area contributed by atoms with Crippen molar-refractivity contribution in [3.63, 3.8) is 0 Å². The standard InChI is InChI=1S/C14H9ClN2/c15-12-7-5-10(6-8-12)14-9-11-3-1-2-4-13(11)16-17-14/h1-9H. The third-order valence-corrected chi connectivity index (χ3v) is 2.89. The minimum Gasteiger partial charge on any atom is -0.150 e. The number of hydrogen-bond donors (Lipinski definition) is 0. The zero-order chi connectivity index (χ0) is 11.7. The van der Waals surface area contributed by atoms with E-state index in [4.69, 9.17) is 11.6 Å². The van der Waals surface area contributed by atoms with E-state index in [0.717, 1.165) is 27.2 Å². The predicted octanol–water partition coefficient (Wildman–Crippen LogP) is 3.95. The Balaban J connectivity index is 2.14. The topological polar surface area (TPSA) is 25.8 Å². The summed E-state index contributed by atoms with van der Waals surface area (Å²) in [4.78, 5) is 0. The summed E-state index contributed by atoms with van der Waals surface area (Å²) in [5.41, 5.74) is 2.79. The Kier molecular flexibility index (Phi) is 2.50. The first-order valence-electron chi connectivity index (χ1n) is 5.31. The van der Waals surface area contributed by atoms with Crippen LogP contribution in [0.25, 0.3) is 22.2 Å². The van der Waals surface area contributed by atoms with Crippen molar-refractivity contribution in [1.29, 1.82) is 0 Å². The van der Waals surface area contributed by atoms with Crippen molar-refractivity contribution in [2.24, 2.45) is 0 Å². The Morgan fingerprint density at radius 3 is 2.41 bits per heavy atom. The van der Waals surface area contributed by atoms with Gasteiger partial charge in [-0.15, -0.1) is 10.2 Å². The third-order valence-electron chi connectivity index (χ3n) is 2.63. The van der Waals surface area contributed by atoms with Crippen molar-refractivity contribution < 1.29 is 0 Å². The Morgan fingerprint density at radius 2 is 1.59 bits per heavy atom. The molecule has 0 bridgehead atoms. The molecule has 0 aliphatic rings. The van der Waals surface area contributed by atoms with E-state index in [-0.39, 0.29) is 0 Å². The fraction of sp³-hybridized carbons (Fsp3) is 0. The van der Waals surface area contributed by atoms with Gasteiger partial charge < -0.3 is 0 Å². The lowest BCUT2D eigenvalue weighted by Crippen LogP contribution is -1.88. The molecule has 0 saturated carbocycles. The van der Waals surface area contributed by atoms with Crippen LogP contribution in [-0.4, -0.2) is 10.2 Å². The summed E-state index contributed by atoms with van der Waals surface area (Å²) in [5, 5.41) is 10.2. The van der Waals surface area contributed by atoms with Gasteiger partial charge in [0.1, 0.15) is 0 Å². The fourth-order valence-electron chi connectivity index (χ4n) is 1.75. The van der Waals surface area contributed by atoms with Crippen LogP contribution >= 0.6 is 11.6 Å². The number of halogens is 1. The lowest BCUT2D eigenvalue weighted by molar-refractivity contribution is 1.08. The Labute approximate surface area is 104 Å². The van der Waals surface area contributed by atoms with Crippen LogP contribution in [-0.2, 0) is 0 Å². The van der Waals surface area contributed by atoms with Crippen molar-refractivity contribution >= 4 is 22.5 Å².